The summed E-state index contributed by atoms with van der Waals surface area (Å²) < 4.78 is 3.34. The summed E-state index contributed by atoms with van der Waals surface area (Å²) in [7, 11) is 3.97. The molecule has 4 rings (SSSR count). The standard InChI is InChI=1S/C21H26N4OS/c1-15(21-22-16-8-4-5-11-19(16)27-21)24(3)20(26)14-25-13-7-10-18(25)17-9-6-12-23(17)2/h4-6,8-9,11-12,15,18H,7,10,13-14H2,1-3H3/t15-,18-/m0/s1. The van der Waals surface area contributed by atoms with Crippen molar-refractivity contribution in [1.82, 2.24) is 19.4 Å². The third kappa shape index (κ3) is 3.51. The number of aromatic nitrogens is 2. The molecule has 27 heavy (non-hydrogen) atoms. The van der Waals surface area contributed by atoms with Crippen molar-refractivity contribution in [3.05, 3.63) is 53.3 Å². The van der Waals surface area contributed by atoms with Crippen molar-refractivity contribution in [2.75, 3.05) is 20.1 Å². The molecule has 0 aliphatic carbocycles. The Kier molecular flexibility index (Phi) is 5.02. The minimum atomic E-state index is -0.0222. The Hall–Kier alpha value is -2.18. The summed E-state index contributed by atoms with van der Waals surface area (Å²) >= 11 is 1.67. The van der Waals surface area contributed by atoms with Gasteiger partial charge < -0.3 is 9.47 Å². The van der Waals surface area contributed by atoms with Crippen LogP contribution in [-0.2, 0) is 11.8 Å². The van der Waals surface area contributed by atoms with E-state index >= 15 is 0 Å². The van der Waals surface area contributed by atoms with Crippen LogP contribution >= 0.6 is 11.3 Å². The molecule has 142 valence electrons. The molecule has 0 spiro atoms. The van der Waals surface area contributed by atoms with Crippen molar-refractivity contribution in [2.24, 2.45) is 7.05 Å². The van der Waals surface area contributed by atoms with Gasteiger partial charge >= 0.3 is 0 Å². The molecule has 0 bridgehead atoms. The van der Waals surface area contributed by atoms with E-state index in [2.05, 4.69) is 47.8 Å². The highest BCUT2D eigenvalue weighted by atomic mass is 32.1. The Morgan fingerprint density at radius 3 is 2.89 bits per heavy atom. The third-order valence-corrected chi connectivity index (χ3v) is 6.88. The Morgan fingerprint density at radius 1 is 1.33 bits per heavy atom. The number of likely N-dealkylation sites (N-methyl/N-ethyl adjacent to an activating group) is 1. The topological polar surface area (TPSA) is 41.4 Å². The molecule has 2 aromatic heterocycles. The number of hydrogen-bond donors (Lipinski definition) is 0. The Labute approximate surface area is 164 Å². The van der Waals surface area contributed by atoms with Crippen molar-refractivity contribution in [2.45, 2.75) is 31.8 Å². The van der Waals surface area contributed by atoms with Gasteiger partial charge in [0.2, 0.25) is 5.91 Å². The van der Waals surface area contributed by atoms with Gasteiger partial charge in [-0.3, -0.25) is 9.69 Å². The average Bonchev–Trinajstić information content (AvgIpc) is 3.39. The molecule has 5 nitrogen and oxygen atoms in total. The van der Waals surface area contributed by atoms with Crippen LogP contribution in [0.5, 0.6) is 0 Å². The number of para-hydroxylation sites is 1. The summed E-state index contributed by atoms with van der Waals surface area (Å²) in [6.45, 7) is 3.50. The summed E-state index contributed by atoms with van der Waals surface area (Å²) in [5.74, 6) is 0.155. The molecular weight excluding hydrogens is 356 g/mol. The molecule has 0 N–H and O–H groups in total. The number of thiazole rings is 1. The summed E-state index contributed by atoms with van der Waals surface area (Å²) in [6, 6.07) is 12.7. The fraction of sp³-hybridized carbons (Fsp3) is 0.429. The van der Waals surface area contributed by atoms with E-state index in [1.165, 1.54) is 10.4 Å². The highest BCUT2D eigenvalue weighted by Crippen LogP contribution is 2.33. The quantitative estimate of drug-likeness (QED) is 0.670. The lowest BCUT2D eigenvalue weighted by Crippen LogP contribution is -2.39. The van der Waals surface area contributed by atoms with Crippen LogP contribution < -0.4 is 0 Å². The zero-order valence-electron chi connectivity index (χ0n) is 16.1. The lowest BCUT2D eigenvalue weighted by molar-refractivity contribution is -0.133. The Bertz CT molecular complexity index is 913. The van der Waals surface area contributed by atoms with E-state index in [1.54, 1.807) is 11.3 Å². The molecule has 0 unspecified atom stereocenters. The molecule has 1 aromatic carbocycles. The minimum Gasteiger partial charge on any atom is -0.353 e. The summed E-state index contributed by atoms with van der Waals surface area (Å²) in [6.07, 6.45) is 4.33. The first-order valence-corrected chi connectivity index (χ1v) is 10.3. The van der Waals surface area contributed by atoms with Crippen LogP contribution in [0.1, 0.15) is 42.6 Å². The molecule has 3 aromatic rings. The molecular formula is C21H26N4OS. The number of amides is 1. The zero-order valence-corrected chi connectivity index (χ0v) is 16.9. The predicted molar refractivity (Wildman–Crippen MR) is 110 cm³/mol. The molecule has 1 aliphatic heterocycles. The summed E-state index contributed by atoms with van der Waals surface area (Å²) in [5, 5.41) is 0.993. The van der Waals surface area contributed by atoms with E-state index < -0.39 is 0 Å². The summed E-state index contributed by atoms with van der Waals surface area (Å²) in [4.78, 5) is 21.9. The highest BCUT2D eigenvalue weighted by molar-refractivity contribution is 7.18. The van der Waals surface area contributed by atoms with Gasteiger partial charge in [0.15, 0.2) is 0 Å². The first kappa shape index (κ1) is 18.2. The van der Waals surface area contributed by atoms with Crippen LogP contribution in [-0.4, -0.2) is 45.4 Å². The van der Waals surface area contributed by atoms with Gasteiger partial charge in [0.1, 0.15) is 5.01 Å². The van der Waals surface area contributed by atoms with Crippen molar-refractivity contribution < 1.29 is 4.79 Å². The molecule has 2 atom stereocenters. The number of hydrogen-bond acceptors (Lipinski definition) is 4. The van der Waals surface area contributed by atoms with Gasteiger partial charge in [0, 0.05) is 26.0 Å². The third-order valence-electron chi connectivity index (χ3n) is 5.67. The van der Waals surface area contributed by atoms with E-state index in [4.69, 9.17) is 4.98 Å². The second-order valence-electron chi connectivity index (χ2n) is 7.37. The van der Waals surface area contributed by atoms with Crippen LogP contribution in [0.4, 0.5) is 0 Å². The van der Waals surface area contributed by atoms with E-state index in [-0.39, 0.29) is 11.9 Å². The Morgan fingerprint density at radius 2 is 2.15 bits per heavy atom. The van der Waals surface area contributed by atoms with Gasteiger partial charge in [0.25, 0.3) is 0 Å². The number of fused-ring (bicyclic) bond motifs is 1. The Balaban J connectivity index is 1.46. The fourth-order valence-electron chi connectivity index (χ4n) is 3.91. The predicted octanol–water partition coefficient (Wildman–Crippen LogP) is 3.99. The van der Waals surface area contributed by atoms with Gasteiger partial charge in [-0.1, -0.05) is 12.1 Å². The van der Waals surface area contributed by atoms with Crippen LogP contribution in [0.2, 0.25) is 0 Å². The van der Waals surface area contributed by atoms with E-state index in [0.29, 0.717) is 12.6 Å². The average molecular weight is 383 g/mol. The molecule has 1 fully saturated rings. The van der Waals surface area contributed by atoms with Crippen molar-refractivity contribution in [3.63, 3.8) is 0 Å². The van der Waals surface area contributed by atoms with Crippen LogP contribution in [0.3, 0.4) is 0 Å². The van der Waals surface area contributed by atoms with Crippen LogP contribution in [0, 0.1) is 0 Å². The van der Waals surface area contributed by atoms with E-state index in [1.807, 2.05) is 30.1 Å². The number of aryl methyl sites for hydroxylation is 1. The van der Waals surface area contributed by atoms with Gasteiger partial charge in [0.05, 0.1) is 28.8 Å². The minimum absolute atomic E-state index is 0.0222. The monoisotopic (exact) mass is 382 g/mol. The number of carbonyl (C=O) groups is 1. The maximum atomic E-state index is 13.0. The van der Waals surface area contributed by atoms with Crippen LogP contribution in [0.15, 0.2) is 42.6 Å². The number of likely N-dealkylation sites (tertiary alicyclic amines) is 1. The SMILES string of the molecule is C[C@@H](c1nc2ccccc2s1)N(C)C(=O)CN1CCC[C@H]1c1cccn1C. The van der Waals surface area contributed by atoms with E-state index in [9.17, 15) is 4.79 Å². The number of carbonyl (C=O) groups excluding carboxylic acids is 1. The van der Waals surface area contributed by atoms with Gasteiger partial charge in [-0.05, 0) is 50.6 Å². The highest BCUT2D eigenvalue weighted by Gasteiger charge is 2.31. The van der Waals surface area contributed by atoms with Gasteiger partial charge in [-0.25, -0.2) is 4.98 Å². The van der Waals surface area contributed by atoms with Crippen LogP contribution in [0.25, 0.3) is 10.2 Å². The largest absolute Gasteiger partial charge is 0.353 e. The molecule has 1 aliphatic rings. The zero-order chi connectivity index (χ0) is 19.0. The maximum absolute atomic E-state index is 13.0. The number of nitrogens with zero attached hydrogens (tertiary/aromatic N) is 4. The van der Waals surface area contributed by atoms with Gasteiger partial charge in [-0.2, -0.15) is 0 Å². The first-order valence-electron chi connectivity index (χ1n) is 9.51. The molecule has 1 amide bonds. The second kappa shape index (κ2) is 7.44. The molecule has 0 radical (unpaired) electrons. The summed E-state index contributed by atoms with van der Waals surface area (Å²) in [5.41, 5.74) is 2.30. The molecule has 6 heteroatoms. The van der Waals surface area contributed by atoms with E-state index in [0.717, 1.165) is 29.9 Å². The fourth-order valence-corrected chi connectivity index (χ4v) is 4.97. The smallest absolute Gasteiger partial charge is 0.237 e. The van der Waals surface area contributed by atoms with Crippen molar-refractivity contribution >= 4 is 27.5 Å². The molecule has 3 heterocycles. The number of rotatable bonds is 5. The molecule has 1 saturated heterocycles. The second-order valence-corrected chi connectivity index (χ2v) is 8.44. The maximum Gasteiger partial charge on any atom is 0.237 e. The van der Waals surface area contributed by atoms with Gasteiger partial charge in [-0.15, -0.1) is 11.3 Å². The normalized spacial score (nSPS) is 18.9. The van der Waals surface area contributed by atoms with Crippen molar-refractivity contribution in [1.29, 1.82) is 0 Å². The molecule has 0 saturated carbocycles. The lowest BCUT2D eigenvalue weighted by atomic mass is 10.1. The number of benzene rings is 1. The van der Waals surface area contributed by atoms with Crippen molar-refractivity contribution in [3.8, 4) is 0 Å². The first-order chi connectivity index (χ1) is 13.0. The lowest BCUT2D eigenvalue weighted by Gasteiger charge is -2.29.